The lowest BCUT2D eigenvalue weighted by atomic mass is 10.5. The molecular weight excluding hydrogens is 164 g/mol. The van der Waals surface area contributed by atoms with Crippen LogP contribution in [-0.2, 0) is 0 Å². The highest BCUT2D eigenvalue weighted by Gasteiger charge is 2.35. The first kappa shape index (κ1) is 8.37. The Bertz CT molecular complexity index is 72.9. The van der Waals surface area contributed by atoms with E-state index in [0.717, 1.165) is 0 Å². The number of hydrogen-bond donors (Lipinski definition) is 0. The minimum absolute atomic E-state index is 1.44. The second-order valence-corrected chi connectivity index (χ2v) is 2.74. The average Bonchev–Trinajstić information content (AvgIpc) is 1.67. The van der Waals surface area contributed by atoms with E-state index in [-0.39, 0.29) is 0 Å². The predicted octanol–water partition coefficient (Wildman–Crippen LogP) is 2.39. The minimum Gasteiger partial charge on any atom is -0.248 e. The fourth-order valence-electron chi connectivity index (χ4n) is 0.0583. The van der Waals surface area contributed by atoms with E-state index in [1.807, 2.05) is 0 Å². The Morgan fingerprint density at radius 2 is 1.75 bits per heavy atom. The maximum atomic E-state index is 11.3. The Balaban J connectivity index is 3.71. The standard InChI is InChI=1S/C3H3Cl2F3/c4-3(5,1-6)2(7)8/h2H,1H2. The normalized spacial score (nSPS) is 12.8. The SMILES string of the molecule is FCC(Cl)(Cl)C(F)F. The summed E-state index contributed by atoms with van der Waals surface area (Å²) in [7, 11) is 0. The van der Waals surface area contributed by atoms with Gasteiger partial charge in [0.15, 0.2) is 0 Å². The van der Waals surface area contributed by atoms with E-state index >= 15 is 0 Å². The second-order valence-electron chi connectivity index (χ2n) is 1.20. The van der Waals surface area contributed by atoms with Gasteiger partial charge in [0.25, 0.3) is 6.43 Å². The molecule has 0 aromatic carbocycles. The smallest absolute Gasteiger partial charge is 0.248 e. The van der Waals surface area contributed by atoms with Gasteiger partial charge in [-0.05, 0) is 0 Å². The number of alkyl halides is 5. The van der Waals surface area contributed by atoms with Crippen LogP contribution in [0.2, 0.25) is 0 Å². The largest absolute Gasteiger partial charge is 0.273 e. The van der Waals surface area contributed by atoms with Gasteiger partial charge in [-0.25, -0.2) is 13.2 Å². The topological polar surface area (TPSA) is 0 Å². The molecule has 0 aromatic heterocycles. The summed E-state index contributed by atoms with van der Waals surface area (Å²) in [6.45, 7) is -1.44. The molecule has 0 nitrogen and oxygen atoms in total. The van der Waals surface area contributed by atoms with Crippen LogP contribution in [0, 0.1) is 0 Å². The van der Waals surface area contributed by atoms with Gasteiger partial charge in [0.1, 0.15) is 6.67 Å². The zero-order valence-corrected chi connectivity index (χ0v) is 5.19. The lowest BCUT2D eigenvalue weighted by Gasteiger charge is -2.11. The third kappa shape index (κ3) is 2.09. The molecule has 0 spiro atoms. The van der Waals surface area contributed by atoms with Gasteiger partial charge in [-0.2, -0.15) is 0 Å². The quantitative estimate of drug-likeness (QED) is 0.553. The Hall–Kier alpha value is 0.370. The van der Waals surface area contributed by atoms with Gasteiger partial charge in [0.05, 0.1) is 0 Å². The zero-order chi connectivity index (χ0) is 6.78. The Labute approximate surface area is 54.6 Å². The molecule has 0 rings (SSSR count). The van der Waals surface area contributed by atoms with Crippen molar-refractivity contribution in [2.75, 3.05) is 6.67 Å². The van der Waals surface area contributed by atoms with Crippen LogP contribution in [0.3, 0.4) is 0 Å². The molecule has 8 heavy (non-hydrogen) atoms. The van der Waals surface area contributed by atoms with Gasteiger partial charge in [-0.3, -0.25) is 0 Å². The molecule has 0 saturated carbocycles. The molecule has 50 valence electrons. The number of halogens is 5. The van der Waals surface area contributed by atoms with Crippen LogP contribution in [-0.4, -0.2) is 17.4 Å². The third-order valence-corrected chi connectivity index (χ3v) is 1.03. The first-order valence-electron chi connectivity index (χ1n) is 1.72. The van der Waals surface area contributed by atoms with Crippen molar-refractivity contribution in [3.05, 3.63) is 0 Å². The van der Waals surface area contributed by atoms with Crippen LogP contribution < -0.4 is 0 Å². The summed E-state index contributed by atoms with van der Waals surface area (Å²) >= 11 is 9.39. The highest BCUT2D eigenvalue weighted by atomic mass is 35.5. The number of rotatable bonds is 2. The fraction of sp³-hybridized carbons (Fsp3) is 1.00. The van der Waals surface area contributed by atoms with Crippen LogP contribution in [0.4, 0.5) is 13.2 Å². The van der Waals surface area contributed by atoms with Gasteiger partial charge in [0, 0.05) is 0 Å². The summed E-state index contributed by atoms with van der Waals surface area (Å²) in [5, 5.41) is 0. The monoisotopic (exact) mass is 166 g/mol. The Morgan fingerprint density at radius 1 is 1.38 bits per heavy atom. The Kier molecular flexibility index (Phi) is 2.91. The molecule has 0 atom stereocenters. The molecular formula is C3H3Cl2F3. The highest BCUT2D eigenvalue weighted by Crippen LogP contribution is 2.28. The lowest BCUT2D eigenvalue weighted by Crippen LogP contribution is -2.25. The van der Waals surface area contributed by atoms with Crippen LogP contribution >= 0.6 is 23.2 Å². The van der Waals surface area contributed by atoms with Crippen molar-refractivity contribution in [1.82, 2.24) is 0 Å². The van der Waals surface area contributed by atoms with Crippen molar-refractivity contribution in [3.63, 3.8) is 0 Å². The third-order valence-electron chi connectivity index (χ3n) is 0.497. The highest BCUT2D eigenvalue weighted by molar-refractivity contribution is 6.48. The van der Waals surface area contributed by atoms with E-state index in [0.29, 0.717) is 0 Å². The summed E-state index contributed by atoms with van der Waals surface area (Å²) in [5.74, 6) is 0. The van der Waals surface area contributed by atoms with E-state index in [9.17, 15) is 13.2 Å². The van der Waals surface area contributed by atoms with Gasteiger partial charge in [0.2, 0.25) is 4.33 Å². The van der Waals surface area contributed by atoms with Gasteiger partial charge < -0.3 is 0 Å². The van der Waals surface area contributed by atoms with Crippen molar-refractivity contribution < 1.29 is 13.2 Å². The van der Waals surface area contributed by atoms with Gasteiger partial charge in [-0.15, -0.1) is 0 Å². The molecule has 0 bridgehead atoms. The van der Waals surface area contributed by atoms with Crippen molar-refractivity contribution in [3.8, 4) is 0 Å². The van der Waals surface area contributed by atoms with Gasteiger partial charge >= 0.3 is 0 Å². The van der Waals surface area contributed by atoms with Crippen molar-refractivity contribution >= 4 is 23.2 Å². The van der Waals surface area contributed by atoms with E-state index in [1.165, 1.54) is 0 Å². The summed E-state index contributed by atoms with van der Waals surface area (Å²) in [6.07, 6.45) is -3.03. The molecule has 0 aliphatic carbocycles. The van der Waals surface area contributed by atoms with Crippen LogP contribution in [0.15, 0.2) is 0 Å². The summed E-state index contributed by atoms with van der Waals surface area (Å²) in [4.78, 5) is 0. The van der Waals surface area contributed by atoms with E-state index in [2.05, 4.69) is 0 Å². The van der Waals surface area contributed by atoms with Crippen molar-refractivity contribution in [1.29, 1.82) is 0 Å². The summed E-state index contributed by atoms with van der Waals surface area (Å²) in [5.41, 5.74) is 0. The first-order valence-corrected chi connectivity index (χ1v) is 2.48. The van der Waals surface area contributed by atoms with Crippen LogP contribution in [0.5, 0.6) is 0 Å². The zero-order valence-electron chi connectivity index (χ0n) is 3.67. The summed E-state index contributed by atoms with van der Waals surface area (Å²) in [6, 6.07) is 0. The summed E-state index contributed by atoms with van der Waals surface area (Å²) < 4.78 is 31.4. The molecule has 0 amide bonds. The Morgan fingerprint density at radius 3 is 1.75 bits per heavy atom. The van der Waals surface area contributed by atoms with Crippen molar-refractivity contribution in [2.45, 2.75) is 10.8 Å². The van der Waals surface area contributed by atoms with E-state index in [1.54, 1.807) is 0 Å². The molecule has 0 aliphatic rings. The molecule has 0 unspecified atom stereocenters. The van der Waals surface area contributed by atoms with Crippen LogP contribution in [0.25, 0.3) is 0 Å². The molecule has 0 aromatic rings. The molecule has 0 aliphatic heterocycles. The molecule has 0 saturated heterocycles. The van der Waals surface area contributed by atoms with E-state index in [4.69, 9.17) is 23.2 Å². The minimum atomic E-state index is -3.03. The molecule has 0 fully saturated rings. The first-order chi connectivity index (χ1) is 3.50. The average molecular weight is 167 g/mol. The van der Waals surface area contributed by atoms with E-state index < -0.39 is 17.4 Å². The lowest BCUT2D eigenvalue weighted by molar-refractivity contribution is 0.116. The predicted molar refractivity (Wildman–Crippen MR) is 26.4 cm³/mol. The maximum Gasteiger partial charge on any atom is 0.273 e. The molecule has 0 radical (unpaired) electrons. The second kappa shape index (κ2) is 2.78. The fourth-order valence-corrected chi connectivity index (χ4v) is 0.0583. The van der Waals surface area contributed by atoms with Crippen molar-refractivity contribution in [2.24, 2.45) is 0 Å². The molecule has 5 heteroatoms. The maximum absolute atomic E-state index is 11.3. The van der Waals surface area contributed by atoms with Gasteiger partial charge in [-0.1, -0.05) is 23.2 Å². The molecule has 0 heterocycles. The van der Waals surface area contributed by atoms with Crippen LogP contribution in [0.1, 0.15) is 0 Å². The number of hydrogen-bond acceptors (Lipinski definition) is 0. The molecule has 0 N–H and O–H groups in total.